The molecular weight excluding hydrogens is 108 g/mol. The minimum absolute atomic E-state index is 0.417. The Kier molecular flexibility index (Phi) is 1.42. The molecule has 9 heavy (non-hydrogen) atoms. The molecule has 0 fully saturated rings. The summed E-state index contributed by atoms with van der Waals surface area (Å²) in [7, 11) is 0. The Bertz CT molecular complexity index is 140. The van der Waals surface area contributed by atoms with Crippen LogP contribution in [0.25, 0.3) is 0 Å². The quantitative estimate of drug-likeness (QED) is 0.464. The molecule has 0 spiro atoms. The fourth-order valence-corrected chi connectivity index (χ4v) is 1.16. The Balaban J connectivity index is 2.81. The van der Waals surface area contributed by atoms with Gasteiger partial charge in [0.15, 0.2) is 0 Å². The fourth-order valence-electron chi connectivity index (χ4n) is 1.16. The van der Waals surface area contributed by atoms with Gasteiger partial charge in [0.2, 0.25) is 0 Å². The van der Waals surface area contributed by atoms with E-state index >= 15 is 0 Å². The molecule has 1 rings (SSSR count). The maximum absolute atomic E-state index is 3.38. The van der Waals surface area contributed by atoms with Crippen molar-refractivity contribution >= 4 is 0 Å². The molecule has 1 atom stereocenters. The standard InChI is InChI=1S/C9H15/c1-7-5-6-8(2)9(7,3)4/h7H,5H2,1-4H3. The van der Waals surface area contributed by atoms with Crippen LogP contribution in [0, 0.1) is 17.4 Å². The molecule has 51 valence electrons. The van der Waals surface area contributed by atoms with Crippen molar-refractivity contribution in [3.05, 3.63) is 11.6 Å². The predicted octanol–water partition coefficient (Wildman–Crippen LogP) is 2.80. The van der Waals surface area contributed by atoms with Crippen molar-refractivity contribution in [2.75, 3.05) is 0 Å². The van der Waals surface area contributed by atoms with Gasteiger partial charge in [0.1, 0.15) is 0 Å². The van der Waals surface area contributed by atoms with Crippen molar-refractivity contribution in [3.8, 4) is 0 Å². The maximum atomic E-state index is 3.38. The molecule has 0 bridgehead atoms. The van der Waals surface area contributed by atoms with Gasteiger partial charge in [0.05, 0.1) is 0 Å². The summed E-state index contributed by atoms with van der Waals surface area (Å²) in [5, 5.41) is 0. The normalized spacial score (nSPS) is 32.4. The van der Waals surface area contributed by atoms with E-state index in [1.807, 2.05) is 0 Å². The zero-order valence-corrected chi connectivity index (χ0v) is 6.78. The zero-order chi connectivity index (χ0) is 7.07. The van der Waals surface area contributed by atoms with Crippen LogP contribution in [0.3, 0.4) is 0 Å². The predicted molar refractivity (Wildman–Crippen MR) is 40.0 cm³/mol. The average Bonchev–Trinajstić information content (AvgIpc) is 1.96. The van der Waals surface area contributed by atoms with E-state index in [1.54, 1.807) is 0 Å². The molecule has 1 radical (unpaired) electrons. The first-order chi connectivity index (χ1) is 4.05. The van der Waals surface area contributed by atoms with Gasteiger partial charge >= 0.3 is 0 Å². The molecule has 0 aromatic heterocycles. The Labute approximate surface area is 58.0 Å². The Morgan fingerprint density at radius 2 is 2.11 bits per heavy atom. The highest BCUT2D eigenvalue weighted by atomic mass is 14.4. The summed E-state index contributed by atoms with van der Waals surface area (Å²) >= 11 is 0. The fraction of sp³-hybridized carbons (Fsp3) is 0.778. The van der Waals surface area contributed by atoms with Gasteiger partial charge in [-0.15, -0.1) is 0 Å². The van der Waals surface area contributed by atoms with Crippen LogP contribution in [0.4, 0.5) is 0 Å². The molecule has 1 aliphatic carbocycles. The van der Waals surface area contributed by atoms with Crippen LogP contribution in [-0.2, 0) is 0 Å². The maximum Gasteiger partial charge on any atom is -0.0113 e. The molecule has 0 heteroatoms. The number of rotatable bonds is 0. The van der Waals surface area contributed by atoms with E-state index < -0.39 is 0 Å². The second-order valence-electron chi connectivity index (χ2n) is 3.63. The van der Waals surface area contributed by atoms with Crippen molar-refractivity contribution in [2.24, 2.45) is 11.3 Å². The minimum Gasteiger partial charge on any atom is -0.0639 e. The SMILES string of the molecule is CC1=[C]CC(C)C1(C)C. The third kappa shape index (κ3) is 0.910. The molecule has 0 heterocycles. The Morgan fingerprint density at radius 3 is 2.22 bits per heavy atom. The van der Waals surface area contributed by atoms with Crippen molar-refractivity contribution in [3.63, 3.8) is 0 Å². The highest BCUT2D eigenvalue weighted by molar-refractivity contribution is 5.13. The molecule has 0 N–H and O–H groups in total. The first kappa shape index (κ1) is 6.85. The van der Waals surface area contributed by atoms with E-state index in [-0.39, 0.29) is 0 Å². The summed E-state index contributed by atoms with van der Waals surface area (Å²) in [6, 6.07) is 0. The molecule has 1 unspecified atom stereocenters. The molecule has 0 aromatic carbocycles. The van der Waals surface area contributed by atoms with Crippen LogP contribution in [0.15, 0.2) is 5.57 Å². The molecular formula is C9H15. The molecule has 0 saturated heterocycles. The monoisotopic (exact) mass is 123 g/mol. The van der Waals surface area contributed by atoms with Gasteiger partial charge in [-0.2, -0.15) is 0 Å². The van der Waals surface area contributed by atoms with Crippen molar-refractivity contribution < 1.29 is 0 Å². The van der Waals surface area contributed by atoms with Crippen LogP contribution < -0.4 is 0 Å². The van der Waals surface area contributed by atoms with Crippen molar-refractivity contribution in [1.82, 2.24) is 0 Å². The van der Waals surface area contributed by atoms with Crippen molar-refractivity contribution in [1.29, 1.82) is 0 Å². The van der Waals surface area contributed by atoms with E-state index in [0.29, 0.717) is 5.41 Å². The number of hydrogen-bond donors (Lipinski definition) is 0. The molecule has 1 aliphatic rings. The van der Waals surface area contributed by atoms with Gasteiger partial charge in [-0.25, -0.2) is 0 Å². The van der Waals surface area contributed by atoms with Crippen LogP contribution in [-0.4, -0.2) is 0 Å². The molecule has 0 nitrogen and oxygen atoms in total. The Morgan fingerprint density at radius 1 is 1.56 bits per heavy atom. The van der Waals surface area contributed by atoms with Gasteiger partial charge in [-0.05, 0) is 30.8 Å². The van der Waals surface area contributed by atoms with Crippen LogP contribution >= 0.6 is 0 Å². The smallest absolute Gasteiger partial charge is 0.0113 e. The van der Waals surface area contributed by atoms with Crippen LogP contribution in [0.1, 0.15) is 34.1 Å². The zero-order valence-electron chi connectivity index (χ0n) is 6.78. The number of hydrogen-bond acceptors (Lipinski definition) is 0. The second kappa shape index (κ2) is 1.86. The van der Waals surface area contributed by atoms with Gasteiger partial charge in [0.25, 0.3) is 0 Å². The first-order valence-corrected chi connectivity index (χ1v) is 3.63. The molecule has 0 aromatic rings. The largest absolute Gasteiger partial charge is 0.0639 e. The molecule has 0 aliphatic heterocycles. The number of allylic oxidation sites excluding steroid dienone is 2. The van der Waals surface area contributed by atoms with E-state index in [4.69, 9.17) is 0 Å². The minimum atomic E-state index is 0.417. The summed E-state index contributed by atoms with van der Waals surface area (Å²) in [6.07, 6.45) is 4.53. The lowest BCUT2D eigenvalue weighted by atomic mass is 9.79. The summed E-state index contributed by atoms with van der Waals surface area (Å²) in [6.45, 7) is 9.08. The van der Waals surface area contributed by atoms with Crippen molar-refractivity contribution in [2.45, 2.75) is 34.1 Å². The summed E-state index contributed by atoms with van der Waals surface area (Å²) in [5.74, 6) is 0.789. The third-order valence-electron chi connectivity index (χ3n) is 2.87. The average molecular weight is 123 g/mol. The van der Waals surface area contributed by atoms with Gasteiger partial charge < -0.3 is 0 Å². The summed E-state index contributed by atoms with van der Waals surface area (Å²) in [5.41, 5.74) is 1.86. The highest BCUT2D eigenvalue weighted by Gasteiger charge is 2.31. The summed E-state index contributed by atoms with van der Waals surface area (Å²) < 4.78 is 0. The van der Waals surface area contributed by atoms with E-state index in [9.17, 15) is 0 Å². The molecule has 0 saturated carbocycles. The third-order valence-corrected chi connectivity index (χ3v) is 2.87. The molecule has 0 amide bonds. The first-order valence-electron chi connectivity index (χ1n) is 3.63. The Hall–Kier alpha value is -0.260. The van der Waals surface area contributed by atoms with E-state index in [0.717, 1.165) is 12.3 Å². The topological polar surface area (TPSA) is 0 Å². The van der Waals surface area contributed by atoms with Crippen LogP contribution in [0.5, 0.6) is 0 Å². The summed E-state index contributed by atoms with van der Waals surface area (Å²) in [4.78, 5) is 0. The van der Waals surface area contributed by atoms with Crippen LogP contribution in [0.2, 0.25) is 0 Å². The lowest BCUT2D eigenvalue weighted by Crippen LogP contribution is -2.16. The van der Waals surface area contributed by atoms with E-state index in [2.05, 4.69) is 33.8 Å². The lowest BCUT2D eigenvalue weighted by molar-refractivity contribution is 0.317. The second-order valence-corrected chi connectivity index (χ2v) is 3.63. The lowest BCUT2D eigenvalue weighted by Gasteiger charge is -2.25. The van der Waals surface area contributed by atoms with Gasteiger partial charge in [-0.1, -0.05) is 26.3 Å². The van der Waals surface area contributed by atoms with Gasteiger partial charge in [-0.3, -0.25) is 0 Å². The van der Waals surface area contributed by atoms with Gasteiger partial charge in [0, 0.05) is 0 Å². The highest BCUT2D eigenvalue weighted by Crippen LogP contribution is 2.41. The van der Waals surface area contributed by atoms with E-state index in [1.165, 1.54) is 5.57 Å².